The third-order valence-corrected chi connectivity index (χ3v) is 1.96. The van der Waals surface area contributed by atoms with Gasteiger partial charge < -0.3 is 20.9 Å². The summed E-state index contributed by atoms with van der Waals surface area (Å²) in [5.74, 6) is 0.741. The highest BCUT2D eigenvalue weighted by Crippen LogP contribution is 2.28. The molecule has 1 aromatic rings. The van der Waals surface area contributed by atoms with Gasteiger partial charge >= 0.3 is 0 Å². The minimum absolute atomic E-state index is 0.323. The summed E-state index contributed by atoms with van der Waals surface area (Å²) < 4.78 is 5.35. The SMILES string of the molecule is Nc1ccc2c(c1)NC[C@H](O)CO2. The van der Waals surface area contributed by atoms with Gasteiger partial charge in [0.1, 0.15) is 18.5 Å². The molecule has 0 saturated heterocycles. The predicted octanol–water partition coefficient (Wildman–Crippen LogP) is 0.434. The van der Waals surface area contributed by atoms with Crippen LogP contribution in [0.2, 0.25) is 0 Å². The Labute approximate surface area is 76.3 Å². The number of aliphatic hydroxyl groups is 1. The van der Waals surface area contributed by atoms with Gasteiger partial charge in [0, 0.05) is 12.2 Å². The van der Waals surface area contributed by atoms with Crippen molar-refractivity contribution in [2.24, 2.45) is 0 Å². The van der Waals surface area contributed by atoms with E-state index in [1.54, 1.807) is 18.2 Å². The van der Waals surface area contributed by atoms with Crippen molar-refractivity contribution in [3.05, 3.63) is 18.2 Å². The van der Waals surface area contributed by atoms with E-state index in [1.807, 2.05) is 0 Å². The average molecular weight is 180 g/mol. The highest BCUT2D eigenvalue weighted by molar-refractivity contribution is 5.63. The molecule has 0 unspecified atom stereocenters. The van der Waals surface area contributed by atoms with Crippen LogP contribution in [0.1, 0.15) is 0 Å². The Morgan fingerprint density at radius 3 is 3.23 bits per heavy atom. The minimum Gasteiger partial charge on any atom is -0.489 e. The van der Waals surface area contributed by atoms with E-state index in [2.05, 4.69) is 5.32 Å². The van der Waals surface area contributed by atoms with Crippen LogP contribution in [0, 0.1) is 0 Å². The van der Waals surface area contributed by atoms with Crippen molar-refractivity contribution in [3.8, 4) is 5.75 Å². The number of hydrogen-bond donors (Lipinski definition) is 3. The lowest BCUT2D eigenvalue weighted by Crippen LogP contribution is -2.23. The standard InChI is InChI=1S/C9H12N2O2/c10-6-1-2-9-8(3-6)11-4-7(12)5-13-9/h1-3,7,11-12H,4-5,10H2/t7-/m0/s1. The predicted molar refractivity (Wildman–Crippen MR) is 50.8 cm³/mol. The lowest BCUT2D eigenvalue weighted by atomic mass is 10.2. The number of aliphatic hydroxyl groups excluding tert-OH is 1. The van der Waals surface area contributed by atoms with Gasteiger partial charge in [-0.2, -0.15) is 0 Å². The Morgan fingerprint density at radius 1 is 1.54 bits per heavy atom. The fourth-order valence-electron chi connectivity index (χ4n) is 1.28. The van der Waals surface area contributed by atoms with Gasteiger partial charge in [-0.15, -0.1) is 0 Å². The van der Waals surface area contributed by atoms with Crippen molar-refractivity contribution in [3.63, 3.8) is 0 Å². The van der Waals surface area contributed by atoms with Crippen LogP contribution in [0.3, 0.4) is 0 Å². The molecule has 0 bridgehead atoms. The Hall–Kier alpha value is -1.42. The zero-order valence-electron chi connectivity index (χ0n) is 7.16. The van der Waals surface area contributed by atoms with Gasteiger partial charge in [0.05, 0.1) is 5.69 Å². The highest BCUT2D eigenvalue weighted by Gasteiger charge is 2.13. The number of anilines is 2. The van der Waals surface area contributed by atoms with Gasteiger partial charge in [0.2, 0.25) is 0 Å². The number of hydrogen-bond acceptors (Lipinski definition) is 4. The maximum atomic E-state index is 9.31. The monoisotopic (exact) mass is 180 g/mol. The molecule has 13 heavy (non-hydrogen) atoms. The summed E-state index contributed by atoms with van der Waals surface area (Å²) in [7, 11) is 0. The second kappa shape index (κ2) is 3.14. The number of ether oxygens (including phenoxy) is 1. The van der Waals surface area contributed by atoms with Crippen LogP contribution in [-0.2, 0) is 0 Å². The van der Waals surface area contributed by atoms with Crippen molar-refractivity contribution in [2.45, 2.75) is 6.10 Å². The quantitative estimate of drug-likeness (QED) is 0.507. The molecule has 0 radical (unpaired) electrons. The number of fused-ring (bicyclic) bond motifs is 1. The van der Waals surface area contributed by atoms with Gasteiger partial charge in [-0.3, -0.25) is 0 Å². The number of nitrogen functional groups attached to an aromatic ring is 1. The normalized spacial score (nSPS) is 20.8. The Morgan fingerprint density at radius 2 is 2.38 bits per heavy atom. The summed E-state index contributed by atoms with van der Waals surface area (Å²) in [6.07, 6.45) is -0.464. The van der Waals surface area contributed by atoms with E-state index in [4.69, 9.17) is 10.5 Å². The fourth-order valence-corrected chi connectivity index (χ4v) is 1.28. The van der Waals surface area contributed by atoms with E-state index in [1.165, 1.54) is 0 Å². The van der Waals surface area contributed by atoms with Crippen molar-refractivity contribution < 1.29 is 9.84 Å². The first-order valence-electron chi connectivity index (χ1n) is 4.20. The van der Waals surface area contributed by atoms with E-state index in [-0.39, 0.29) is 0 Å². The second-order valence-corrected chi connectivity index (χ2v) is 3.10. The summed E-state index contributed by atoms with van der Waals surface area (Å²) in [5, 5.41) is 12.4. The van der Waals surface area contributed by atoms with Gasteiger partial charge in [-0.05, 0) is 18.2 Å². The van der Waals surface area contributed by atoms with Crippen molar-refractivity contribution >= 4 is 11.4 Å². The van der Waals surface area contributed by atoms with Gasteiger partial charge in [-0.25, -0.2) is 0 Å². The lowest BCUT2D eigenvalue weighted by molar-refractivity contribution is 0.122. The largest absolute Gasteiger partial charge is 0.489 e. The van der Waals surface area contributed by atoms with Crippen molar-refractivity contribution in [1.82, 2.24) is 0 Å². The molecule has 4 N–H and O–H groups in total. The van der Waals surface area contributed by atoms with Crippen LogP contribution >= 0.6 is 0 Å². The molecule has 1 aliphatic rings. The Kier molecular flexibility index (Phi) is 1.98. The third-order valence-electron chi connectivity index (χ3n) is 1.96. The first-order chi connectivity index (χ1) is 6.25. The highest BCUT2D eigenvalue weighted by atomic mass is 16.5. The Bertz CT molecular complexity index is 314. The van der Waals surface area contributed by atoms with Gasteiger partial charge in [0.25, 0.3) is 0 Å². The molecule has 1 aromatic carbocycles. The van der Waals surface area contributed by atoms with Crippen LogP contribution in [0.5, 0.6) is 5.75 Å². The first-order valence-corrected chi connectivity index (χ1v) is 4.20. The maximum Gasteiger partial charge on any atom is 0.142 e. The summed E-state index contributed by atoms with van der Waals surface area (Å²) in [4.78, 5) is 0. The van der Waals surface area contributed by atoms with Crippen molar-refractivity contribution in [1.29, 1.82) is 0 Å². The summed E-state index contributed by atoms with van der Waals surface area (Å²) >= 11 is 0. The zero-order valence-corrected chi connectivity index (χ0v) is 7.16. The van der Waals surface area contributed by atoms with Crippen LogP contribution < -0.4 is 15.8 Å². The molecule has 4 heteroatoms. The number of rotatable bonds is 0. The molecule has 0 amide bonds. The molecule has 1 atom stereocenters. The van der Waals surface area contributed by atoms with Crippen LogP contribution in [0.15, 0.2) is 18.2 Å². The zero-order chi connectivity index (χ0) is 9.26. The van der Waals surface area contributed by atoms with Gasteiger partial charge in [-0.1, -0.05) is 0 Å². The minimum atomic E-state index is -0.464. The smallest absolute Gasteiger partial charge is 0.142 e. The molecule has 0 spiro atoms. The molecular weight excluding hydrogens is 168 g/mol. The van der Waals surface area contributed by atoms with E-state index in [0.717, 1.165) is 11.4 Å². The molecular formula is C9H12N2O2. The topological polar surface area (TPSA) is 67.5 Å². The fraction of sp³-hybridized carbons (Fsp3) is 0.333. The maximum absolute atomic E-state index is 9.31. The molecule has 1 heterocycles. The summed E-state index contributed by atoms with van der Waals surface area (Å²) in [5.41, 5.74) is 7.14. The molecule has 0 fully saturated rings. The van der Waals surface area contributed by atoms with E-state index >= 15 is 0 Å². The third kappa shape index (κ3) is 1.67. The molecule has 1 aliphatic heterocycles. The van der Waals surface area contributed by atoms with E-state index in [0.29, 0.717) is 18.8 Å². The van der Waals surface area contributed by atoms with Crippen LogP contribution in [-0.4, -0.2) is 24.4 Å². The molecule has 0 aromatic heterocycles. The average Bonchev–Trinajstić information content (AvgIpc) is 2.29. The molecule has 4 nitrogen and oxygen atoms in total. The molecule has 2 rings (SSSR count). The molecule has 0 aliphatic carbocycles. The number of nitrogens with one attached hydrogen (secondary N) is 1. The first kappa shape index (κ1) is 8.19. The lowest BCUT2D eigenvalue weighted by Gasteiger charge is -2.07. The van der Waals surface area contributed by atoms with Gasteiger partial charge in [0.15, 0.2) is 0 Å². The number of nitrogens with two attached hydrogens (primary N) is 1. The summed E-state index contributed by atoms with van der Waals surface area (Å²) in [6.45, 7) is 0.820. The van der Waals surface area contributed by atoms with Crippen LogP contribution in [0.25, 0.3) is 0 Å². The second-order valence-electron chi connectivity index (χ2n) is 3.10. The summed E-state index contributed by atoms with van der Waals surface area (Å²) in [6, 6.07) is 5.38. The molecule has 70 valence electrons. The van der Waals surface area contributed by atoms with E-state index in [9.17, 15) is 5.11 Å². The number of benzene rings is 1. The molecule has 0 saturated carbocycles. The van der Waals surface area contributed by atoms with Crippen LogP contribution in [0.4, 0.5) is 11.4 Å². The van der Waals surface area contributed by atoms with E-state index < -0.39 is 6.10 Å². The number of β-amino-alcohol motifs (C(OH)–C–C–N with tert-alkyl or cyclic N) is 1. The van der Waals surface area contributed by atoms with Crippen molar-refractivity contribution in [2.75, 3.05) is 24.2 Å². The Balaban J connectivity index is 2.30.